The summed E-state index contributed by atoms with van der Waals surface area (Å²) >= 11 is 0. The van der Waals surface area contributed by atoms with Gasteiger partial charge in [-0.1, -0.05) is 0 Å². The lowest BCUT2D eigenvalue weighted by molar-refractivity contribution is 0.137. The van der Waals surface area contributed by atoms with Crippen molar-refractivity contribution in [2.45, 2.75) is 26.4 Å². The second kappa shape index (κ2) is 3.10. The van der Waals surface area contributed by atoms with Crippen LogP contribution >= 0.6 is 0 Å². The van der Waals surface area contributed by atoms with Gasteiger partial charge in [-0.3, -0.25) is 4.68 Å². The van der Waals surface area contributed by atoms with E-state index in [1.165, 1.54) is 0 Å². The van der Waals surface area contributed by atoms with Crippen LogP contribution in [0, 0.1) is 6.92 Å². The first-order valence-corrected chi connectivity index (χ1v) is 4.78. The first-order valence-electron chi connectivity index (χ1n) is 4.78. The summed E-state index contributed by atoms with van der Waals surface area (Å²) < 4.78 is 13.1. The molecule has 1 saturated heterocycles. The van der Waals surface area contributed by atoms with Gasteiger partial charge in [-0.05, 0) is 26.8 Å². The quantitative estimate of drug-likeness (QED) is 0.601. The van der Waals surface area contributed by atoms with Gasteiger partial charge in [0.05, 0.1) is 23.5 Å². The molecule has 2 rings (SSSR count). The summed E-state index contributed by atoms with van der Waals surface area (Å²) in [6, 6.07) is 1.99. The summed E-state index contributed by atoms with van der Waals surface area (Å²) in [6.45, 7) is 6.64. The zero-order valence-corrected chi connectivity index (χ0v) is 9.07. The fraction of sp³-hybridized carbons (Fsp3) is 0.667. The maximum Gasteiger partial charge on any atom is 0.513 e. The maximum absolute atomic E-state index is 5.75. The van der Waals surface area contributed by atoms with Crippen molar-refractivity contribution in [1.82, 2.24) is 9.78 Å². The van der Waals surface area contributed by atoms with Crippen molar-refractivity contribution < 1.29 is 9.31 Å². The molecule has 0 aliphatic carbocycles. The molecular weight excluding hydrogens is 179 g/mol. The summed E-state index contributed by atoms with van der Waals surface area (Å²) in [6.07, 6.45) is 0. The van der Waals surface area contributed by atoms with E-state index in [1.54, 1.807) is 4.68 Å². The van der Waals surface area contributed by atoms with Gasteiger partial charge < -0.3 is 9.31 Å². The number of hydrogen-bond acceptors (Lipinski definition) is 3. The average molecular weight is 194 g/mol. The zero-order chi connectivity index (χ0) is 10.3. The molecule has 0 bridgehead atoms. The minimum atomic E-state index is -0.267. The Hall–Kier alpha value is -0.805. The Balaban J connectivity index is 2.21. The first kappa shape index (κ1) is 9.74. The molecule has 1 fully saturated rings. The van der Waals surface area contributed by atoms with Gasteiger partial charge in [-0.15, -0.1) is 0 Å². The topological polar surface area (TPSA) is 36.3 Å². The predicted molar refractivity (Wildman–Crippen MR) is 54.4 cm³/mol. The summed E-state index contributed by atoms with van der Waals surface area (Å²) in [5.41, 5.74) is 1.77. The van der Waals surface area contributed by atoms with E-state index in [2.05, 4.69) is 5.10 Å². The number of nitrogens with zero attached hydrogens (tertiary/aromatic N) is 2. The maximum atomic E-state index is 5.75. The highest BCUT2D eigenvalue weighted by Crippen LogP contribution is 2.19. The van der Waals surface area contributed by atoms with E-state index >= 15 is 0 Å². The molecule has 1 aromatic rings. The summed E-state index contributed by atoms with van der Waals surface area (Å²) in [5.74, 6) is 0. The van der Waals surface area contributed by atoms with Gasteiger partial charge in [0.25, 0.3) is 0 Å². The van der Waals surface area contributed by atoms with Gasteiger partial charge in [-0.25, -0.2) is 0 Å². The molecule has 1 aliphatic heterocycles. The summed E-state index contributed by atoms with van der Waals surface area (Å²) in [5, 5.41) is 4.26. The van der Waals surface area contributed by atoms with Crippen molar-refractivity contribution in [1.29, 1.82) is 0 Å². The van der Waals surface area contributed by atoms with Crippen LogP contribution in [0.1, 0.15) is 19.5 Å². The van der Waals surface area contributed by atoms with Crippen LogP contribution in [0.15, 0.2) is 6.07 Å². The van der Waals surface area contributed by atoms with Crippen molar-refractivity contribution in [3.8, 4) is 0 Å². The molecule has 0 aromatic carbocycles. The van der Waals surface area contributed by atoms with E-state index in [4.69, 9.17) is 9.31 Å². The molecule has 76 valence electrons. The molecule has 0 N–H and O–H groups in total. The highest BCUT2D eigenvalue weighted by Gasteiger charge is 2.39. The number of aromatic nitrogens is 2. The predicted octanol–water partition coefficient (Wildman–Crippen LogP) is 0.249. The summed E-state index contributed by atoms with van der Waals surface area (Å²) in [4.78, 5) is 0. The Labute approximate surface area is 84.3 Å². The standard InChI is InChI=1S/C9H15BN2O2/c1-7-5-8(12(4)11-7)10-13-6-9(2,3)14-10/h5H,6H2,1-4H3. The second-order valence-electron chi connectivity index (χ2n) is 4.35. The minimum Gasteiger partial charge on any atom is -0.403 e. The lowest BCUT2D eigenvalue weighted by Gasteiger charge is -2.15. The monoisotopic (exact) mass is 194 g/mol. The molecule has 1 aliphatic rings. The molecule has 0 spiro atoms. The Morgan fingerprint density at radius 3 is 2.71 bits per heavy atom. The fourth-order valence-corrected chi connectivity index (χ4v) is 1.63. The molecule has 0 radical (unpaired) electrons. The van der Waals surface area contributed by atoms with Crippen LogP contribution in [0.25, 0.3) is 0 Å². The summed E-state index contributed by atoms with van der Waals surface area (Å²) in [7, 11) is 1.64. The van der Waals surface area contributed by atoms with Crippen molar-refractivity contribution in [3.05, 3.63) is 11.8 Å². The molecule has 0 amide bonds. The average Bonchev–Trinajstić information content (AvgIpc) is 2.55. The van der Waals surface area contributed by atoms with E-state index in [9.17, 15) is 0 Å². The van der Waals surface area contributed by atoms with Crippen LogP contribution in [-0.4, -0.2) is 29.1 Å². The third-order valence-electron chi connectivity index (χ3n) is 2.29. The van der Waals surface area contributed by atoms with E-state index in [-0.39, 0.29) is 12.7 Å². The number of aryl methyl sites for hydroxylation is 2. The largest absolute Gasteiger partial charge is 0.513 e. The van der Waals surface area contributed by atoms with Gasteiger partial charge in [0.2, 0.25) is 0 Å². The van der Waals surface area contributed by atoms with Crippen LogP contribution in [-0.2, 0) is 16.4 Å². The second-order valence-corrected chi connectivity index (χ2v) is 4.35. The van der Waals surface area contributed by atoms with Crippen molar-refractivity contribution >= 4 is 12.7 Å². The molecule has 14 heavy (non-hydrogen) atoms. The Kier molecular flexibility index (Phi) is 2.16. The molecule has 4 nitrogen and oxygen atoms in total. The molecule has 0 saturated carbocycles. The molecule has 0 unspecified atom stereocenters. The van der Waals surface area contributed by atoms with E-state index in [0.29, 0.717) is 6.61 Å². The highest BCUT2D eigenvalue weighted by atomic mass is 16.7. The van der Waals surface area contributed by atoms with Gasteiger partial charge in [0.1, 0.15) is 0 Å². The van der Waals surface area contributed by atoms with Crippen LogP contribution in [0.5, 0.6) is 0 Å². The lowest BCUT2D eigenvalue weighted by Crippen LogP contribution is -2.38. The van der Waals surface area contributed by atoms with Crippen molar-refractivity contribution in [2.75, 3.05) is 6.61 Å². The number of hydrogen-bond donors (Lipinski definition) is 0. The zero-order valence-electron chi connectivity index (χ0n) is 9.07. The van der Waals surface area contributed by atoms with Crippen LogP contribution < -0.4 is 5.59 Å². The molecule has 2 heterocycles. The third kappa shape index (κ3) is 1.70. The third-order valence-corrected chi connectivity index (χ3v) is 2.29. The molecule has 5 heteroatoms. The molecule has 0 atom stereocenters. The molecular formula is C9H15BN2O2. The Morgan fingerprint density at radius 2 is 2.29 bits per heavy atom. The minimum absolute atomic E-state index is 0.192. The van der Waals surface area contributed by atoms with Gasteiger partial charge in [-0.2, -0.15) is 5.10 Å². The van der Waals surface area contributed by atoms with Gasteiger partial charge in [0.15, 0.2) is 0 Å². The van der Waals surface area contributed by atoms with E-state index < -0.39 is 0 Å². The smallest absolute Gasteiger partial charge is 0.403 e. The van der Waals surface area contributed by atoms with Crippen LogP contribution in [0.4, 0.5) is 0 Å². The van der Waals surface area contributed by atoms with Crippen molar-refractivity contribution in [3.63, 3.8) is 0 Å². The lowest BCUT2D eigenvalue weighted by atomic mass is 9.84. The van der Waals surface area contributed by atoms with Gasteiger partial charge in [0, 0.05) is 7.05 Å². The highest BCUT2D eigenvalue weighted by molar-refractivity contribution is 6.61. The van der Waals surface area contributed by atoms with Crippen LogP contribution in [0.2, 0.25) is 0 Å². The van der Waals surface area contributed by atoms with E-state index in [1.807, 2.05) is 33.9 Å². The van der Waals surface area contributed by atoms with Crippen molar-refractivity contribution in [2.24, 2.45) is 7.05 Å². The fourth-order valence-electron chi connectivity index (χ4n) is 1.63. The first-order chi connectivity index (χ1) is 6.48. The van der Waals surface area contributed by atoms with E-state index in [0.717, 1.165) is 11.3 Å². The Bertz CT molecular complexity index is 349. The van der Waals surface area contributed by atoms with Gasteiger partial charge >= 0.3 is 7.12 Å². The molecule has 1 aromatic heterocycles. The SMILES string of the molecule is Cc1cc(B2OCC(C)(C)O2)n(C)n1. The normalized spacial score (nSPS) is 20.4. The number of rotatable bonds is 1. The Morgan fingerprint density at radius 1 is 1.57 bits per heavy atom. The van der Waals surface area contributed by atoms with Crippen LogP contribution in [0.3, 0.4) is 0 Å².